The van der Waals surface area contributed by atoms with Crippen LogP contribution in [0.3, 0.4) is 0 Å². The van der Waals surface area contributed by atoms with Crippen LogP contribution >= 0.6 is 31.9 Å². The lowest BCUT2D eigenvalue weighted by Crippen LogP contribution is -1.94. The number of pyridine rings is 2. The predicted molar refractivity (Wildman–Crippen MR) is 78.2 cm³/mol. The fourth-order valence-electron chi connectivity index (χ4n) is 1.81. The normalized spacial score (nSPS) is 11.0. The molecule has 0 saturated heterocycles. The summed E-state index contributed by atoms with van der Waals surface area (Å²) in [6.45, 7) is 0. The molecule has 0 amide bonds. The van der Waals surface area contributed by atoms with E-state index in [1.54, 1.807) is 12.4 Å². The average molecular weight is 368 g/mol. The SMILES string of the molecule is Nc1c(-c2cncc(Br)c2)nc2c(Br)cccn12. The Morgan fingerprint density at radius 1 is 1.22 bits per heavy atom. The van der Waals surface area contributed by atoms with Crippen LogP contribution in [0.5, 0.6) is 0 Å². The Morgan fingerprint density at radius 2 is 2.06 bits per heavy atom. The molecule has 0 spiro atoms. The van der Waals surface area contributed by atoms with Crippen molar-refractivity contribution in [1.29, 1.82) is 0 Å². The summed E-state index contributed by atoms with van der Waals surface area (Å²) in [4.78, 5) is 8.68. The van der Waals surface area contributed by atoms with Crippen LogP contribution in [-0.2, 0) is 0 Å². The average Bonchev–Trinajstić information content (AvgIpc) is 2.69. The Balaban J connectivity index is 2.30. The second kappa shape index (κ2) is 4.37. The van der Waals surface area contributed by atoms with Crippen molar-refractivity contribution in [3.63, 3.8) is 0 Å². The van der Waals surface area contributed by atoms with Crippen molar-refractivity contribution in [3.05, 3.63) is 45.7 Å². The maximum atomic E-state index is 6.13. The van der Waals surface area contributed by atoms with Gasteiger partial charge < -0.3 is 5.73 Å². The molecule has 0 atom stereocenters. The topological polar surface area (TPSA) is 56.2 Å². The van der Waals surface area contributed by atoms with Gasteiger partial charge in [-0.05, 0) is 50.1 Å². The summed E-state index contributed by atoms with van der Waals surface area (Å²) in [5, 5.41) is 0. The van der Waals surface area contributed by atoms with E-state index in [4.69, 9.17) is 5.73 Å². The van der Waals surface area contributed by atoms with Gasteiger partial charge in [0.05, 0.1) is 4.47 Å². The summed E-state index contributed by atoms with van der Waals surface area (Å²) in [5.74, 6) is 0.603. The second-order valence-corrected chi connectivity index (χ2v) is 5.56. The van der Waals surface area contributed by atoms with Crippen LogP contribution in [0, 0.1) is 0 Å². The van der Waals surface area contributed by atoms with Gasteiger partial charge in [-0.1, -0.05) is 0 Å². The Morgan fingerprint density at radius 3 is 2.78 bits per heavy atom. The van der Waals surface area contributed by atoms with Gasteiger partial charge in [0.25, 0.3) is 0 Å². The summed E-state index contributed by atoms with van der Waals surface area (Å²) in [7, 11) is 0. The molecule has 0 fully saturated rings. The highest BCUT2D eigenvalue weighted by atomic mass is 79.9. The number of halogens is 2. The Bertz CT molecular complexity index is 736. The first-order chi connectivity index (χ1) is 8.66. The van der Waals surface area contributed by atoms with Crippen LogP contribution in [0.1, 0.15) is 0 Å². The third-order valence-electron chi connectivity index (χ3n) is 2.62. The summed E-state index contributed by atoms with van der Waals surface area (Å²) in [5.41, 5.74) is 8.54. The number of fused-ring (bicyclic) bond motifs is 1. The van der Waals surface area contributed by atoms with E-state index in [0.29, 0.717) is 5.82 Å². The fraction of sp³-hybridized carbons (Fsp3) is 0. The smallest absolute Gasteiger partial charge is 0.153 e. The third-order valence-corrected chi connectivity index (χ3v) is 3.67. The maximum Gasteiger partial charge on any atom is 0.153 e. The summed E-state index contributed by atoms with van der Waals surface area (Å²) >= 11 is 6.86. The fourth-order valence-corrected chi connectivity index (χ4v) is 2.60. The molecule has 18 heavy (non-hydrogen) atoms. The van der Waals surface area contributed by atoms with Crippen LogP contribution in [-0.4, -0.2) is 14.4 Å². The number of anilines is 1. The first kappa shape index (κ1) is 11.7. The van der Waals surface area contributed by atoms with Crippen molar-refractivity contribution in [3.8, 4) is 11.3 Å². The van der Waals surface area contributed by atoms with Crippen molar-refractivity contribution in [1.82, 2.24) is 14.4 Å². The minimum absolute atomic E-state index is 0.603. The number of aromatic nitrogens is 3. The van der Waals surface area contributed by atoms with Gasteiger partial charge in [-0.2, -0.15) is 0 Å². The minimum atomic E-state index is 0.603. The van der Waals surface area contributed by atoms with Crippen molar-refractivity contribution >= 4 is 43.3 Å². The predicted octanol–water partition coefficient (Wildman–Crippen LogP) is 3.50. The second-order valence-electron chi connectivity index (χ2n) is 3.79. The van der Waals surface area contributed by atoms with E-state index in [1.165, 1.54) is 0 Å². The Kier molecular flexibility index (Phi) is 2.83. The first-order valence-electron chi connectivity index (χ1n) is 5.20. The molecule has 0 aliphatic heterocycles. The van der Waals surface area contributed by atoms with Crippen molar-refractivity contribution in [2.45, 2.75) is 0 Å². The van der Waals surface area contributed by atoms with Crippen LogP contribution < -0.4 is 5.73 Å². The standard InChI is InChI=1S/C12H8Br2N4/c13-8-4-7(5-16-6-8)10-11(15)18-3-1-2-9(14)12(18)17-10/h1-6H,15H2. The lowest BCUT2D eigenvalue weighted by molar-refractivity contribution is 1.19. The highest BCUT2D eigenvalue weighted by Crippen LogP contribution is 2.29. The molecule has 0 saturated carbocycles. The zero-order valence-electron chi connectivity index (χ0n) is 9.14. The lowest BCUT2D eigenvalue weighted by Gasteiger charge is -1.99. The van der Waals surface area contributed by atoms with Crippen molar-refractivity contribution in [2.75, 3.05) is 5.73 Å². The van der Waals surface area contributed by atoms with Gasteiger partial charge in [-0.3, -0.25) is 9.38 Å². The van der Waals surface area contributed by atoms with E-state index < -0.39 is 0 Å². The molecule has 0 unspecified atom stereocenters. The van der Waals surface area contributed by atoms with Gasteiger partial charge in [0.1, 0.15) is 11.5 Å². The molecule has 6 heteroatoms. The van der Waals surface area contributed by atoms with Crippen molar-refractivity contribution in [2.24, 2.45) is 0 Å². The molecule has 0 aliphatic carbocycles. The highest BCUT2D eigenvalue weighted by Gasteiger charge is 2.13. The van der Waals surface area contributed by atoms with E-state index in [9.17, 15) is 0 Å². The largest absolute Gasteiger partial charge is 0.383 e. The van der Waals surface area contributed by atoms with Gasteiger partial charge >= 0.3 is 0 Å². The van der Waals surface area contributed by atoms with Crippen molar-refractivity contribution < 1.29 is 0 Å². The molecule has 0 aromatic carbocycles. The molecular formula is C12H8Br2N4. The molecule has 3 rings (SSSR count). The Labute approximate surface area is 120 Å². The Hall–Kier alpha value is -1.40. The monoisotopic (exact) mass is 366 g/mol. The molecule has 3 aromatic heterocycles. The van der Waals surface area contributed by atoms with E-state index >= 15 is 0 Å². The number of imidazole rings is 1. The lowest BCUT2D eigenvalue weighted by atomic mass is 10.2. The number of hydrogen-bond donors (Lipinski definition) is 1. The number of nitrogen functional groups attached to an aromatic ring is 1. The minimum Gasteiger partial charge on any atom is -0.383 e. The number of nitrogens with zero attached hydrogens (tertiary/aromatic N) is 3. The van der Waals surface area contributed by atoms with E-state index in [0.717, 1.165) is 25.8 Å². The molecule has 0 bridgehead atoms. The van der Waals surface area contributed by atoms with Gasteiger partial charge in [-0.15, -0.1) is 0 Å². The van der Waals surface area contributed by atoms with Gasteiger partial charge in [0.2, 0.25) is 0 Å². The van der Waals surface area contributed by atoms with E-state index in [-0.39, 0.29) is 0 Å². The molecule has 3 aromatic rings. The molecule has 90 valence electrons. The highest BCUT2D eigenvalue weighted by molar-refractivity contribution is 9.10. The zero-order valence-corrected chi connectivity index (χ0v) is 12.3. The molecule has 0 aliphatic rings. The molecular weight excluding hydrogens is 360 g/mol. The first-order valence-corrected chi connectivity index (χ1v) is 6.78. The van der Waals surface area contributed by atoms with Gasteiger partial charge in [0.15, 0.2) is 5.65 Å². The molecule has 2 N–H and O–H groups in total. The number of hydrogen-bond acceptors (Lipinski definition) is 3. The van der Waals surface area contributed by atoms with Crippen LogP contribution in [0.15, 0.2) is 45.7 Å². The van der Waals surface area contributed by atoms with Gasteiger partial charge in [0, 0.05) is 28.6 Å². The molecule has 4 nitrogen and oxygen atoms in total. The van der Waals surface area contributed by atoms with Crippen LogP contribution in [0.25, 0.3) is 16.9 Å². The maximum absolute atomic E-state index is 6.13. The zero-order chi connectivity index (χ0) is 12.7. The summed E-state index contributed by atoms with van der Waals surface area (Å²) in [6, 6.07) is 5.79. The van der Waals surface area contributed by atoms with Crippen LogP contribution in [0.4, 0.5) is 5.82 Å². The van der Waals surface area contributed by atoms with Gasteiger partial charge in [-0.25, -0.2) is 4.98 Å². The molecule has 0 radical (unpaired) electrons. The van der Waals surface area contributed by atoms with E-state index in [2.05, 4.69) is 41.8 Å². The number of rotatable bonds is 1. The molecule has 3 heterocycles. The summed E-state index contributed by atoms with van der Waals surface area (Å²) in [6.07, 6.45) is 5.36. The van der Waals surface area contributed by atoms with Crippen LogP contribution in [0.2, 0.25) is 0 Å². The number of nitrogens with two attached hydrogens (primary N) is 1. The quantitative estimate of drug-likeness (QED) is 0.716. The summed E-state index contributed by atoms with van der Waals surface area (Å²) < 4.78 is 3.65. The van der Waals surface area contributed by atoms with E-state index in [1.807, 2.05) is 28.8 Å². The third kappa shape index (κ3) is 1.81.